The van der Waals surface area contributed by atoms with Crippen LogP contribution in [0.15, 0.2) is 18.2 Å². The second-order valence-corrected chi connectivity index (χ2v) is 4.73. The van der Waals surface area contributed by atoms with Crippen LogP contribution in [0.1, 0.15) is 31.4 Å². The number of benzene rings is 1. The Hall–Kier alpha value is -0.770. The molecule has 94 valence electrons. The highest BCUT2D eigenvalue weighted by molar-refractivity contribution is 6.32. The van der Waals surface area contributed by atoms with Crippen molar-refractivity contribution in [2.45, 2.75) is 32.0 Å². The maximum Gasteiger partial charge on any atom is 0.138 e. The van der Waals surface area contributed by atoms with Gasteiger partial charge in [-0.2, -0.15) is 0 Å². The first-order chi connectivity index (χ1) is 8.16. The molecule has 0 aliphatic carbocycles. The number of rotatable bonds is 3. The van der Waals surface area contributed by atoms with Crippen LogP contribution in [0.5, 0.6) is 5.75 Å². The van der Waals surface area contributed by atoms with E-state index in [1.807, 2.05) is 6.07 Å². The molecule has 2 atom stereocenters. The summed E-state index contributed by atoms with van der Waals surface area (Å²) in [6.45, 7) is 3.14. The van der Waals surface area contributed by atoms with Gasteiger partial charge in [0.15, 0.2) is 0 Å². The molecule has 1 fully saturated rings. The average molecular weight is 257 g/mol. The van der Waals surface area contributed by atoms with E-state index in [0.717, 1.165) is 25.0 Å². The van der Waals surface area contributed by atoms with Crippen LogP contribution in [-0.4, -0.2) is 24.4 Å². The zero-order chi connectivity index (χ0) is 12.3. The third kappa shape index (κ3) is 3.35. The van der Waals surface area contributed by atoms with Gasteiger partial charge in [-0.3, -0.25) is 0 Å². The van der Waals surface area contributed by atoms with Gasteiger partial charge in [-0.1, -0.05) is 17.7 Å². The summed E-state index contributed by atoms with van der Waals surface area (Å²) in [4.78, 5) is 0. The summed E-state index contributed by atoms with van der Waals surface area (Å²) in [5.41, 5.74) is 0.794. The Kier molecular flexibility index (Phi) is 4.26. The Morgan fingerprint density at radius 1 is 1.53 bits per heavy atom. The maximum absolute atomic E-state index is 9.44. The lowest BCUT2D eigenvalue weighted by Crippen LogP contribution is -2.28. The molecule has 0 spiro atoms. The molecule has 0 amide bonds. The Labute approximate surface area is 106 Å². The van der Waals surface area contributed by atoms with Crippen molar-refractivity contribution in [3.63, 3.8) is 0 Å². The van der Waals surface area contributed by atoms with Gasteiger partial charge < -0.3 is 14.6 Å². The molecule has 2 rings (SSSR count). The Morgan fingerprint density at radius 3 is 2.94 bits per heavy atom. The fourth-order valence-electron chi connectivity index (χ4n) is 1.86. The van der Waals surface area contributed by atoms with Crippen LogP contribution in [-0.2, 0) is 4.74 Å². The van der Waals surface area contributed by atoms with Gasteiger partial charge in [0.25, 0.3) is 0 Å². The summed E-state index contributed by atoms with van der Waals surface area (Å²) >= 11 is 6.12. The Balaban J connectivity index is 2.05. The second kappa shape index (κ2) is 5.71. The smallest absolute Gasteiger partial charge is 0.138 e. The number of hydrogen-bond acceptors (Lipinski definition) is 3. The van der Waals surface area contributed by atoms with Gasteiger partial charge >= 0.3 is 0 Å². The van der Waals surface area contributed by atoms with E-state index >= 15 is 0 Å². The van der Waals surface area contributed by atoms with Crippen molar-refractivity contribution in [3.05, 3.63) is 28.8 Å². The second-order valence-electron chi connectivity index (χ2n) is 4.32. The van der Waals surface area contributed by atoms with Crippen LogP contribution < -0.4 is 4.74 Å². The maximum atomic E-state index is 9.44. The zero-order valence-electron chi connectivity index (χ0n) is 9.86. The monoisotopic (exact) mass is 256 g/mol. The van der Waals surface area contributed by atoms with E-state index in [1.54, 1.807) is 19.1 Å². The minimum Gasteiger partial charge on any atom is -0.486 e. The minimum atomic E-state index is -0.514. The van der Waals surface area contributed by atoms with Gasteiger partial charge in [0.2, 0.25) is 0 Å². The number of halogens is 1. The van der Waals surface area contributed by atoms with Gasteiger partial charge in [-0.15, -0.1) is 0 Å². The number of ether oxygens (including phenoxy) is 2. The van der Waals surface area contributed by atoms with Crippen molar-refractivity contribution in [3.8, 4) is 5.75 Å². The number of aliphatic hydroxyl groups is 1. The van der Waals surface area contributed by atoms with Crippen LogP contribution in [0, 0.1) is 0 Å². The van der Waals surface area contributed by atoms with Crippen LogP contribution in [0.25, 0.3) is 0 Å². The first-order valence-corrected chi connectivity index (χ1v) is 6.26. The molecule has 0 bridgehead atoms. The highest BCUT2D eigenvalue weighted by atomic mass is 35.5. The molecule has 1 aliphatic heterocycles. The summed E-state index contributed by atoms with van der Waals surface area (Å²) in [5, 5.41) is 9.98. The van der Waals surface area contributed by atoms with Gasteiger partial charge in [-0.25, -0.2) is 0 Å². The third-order valence-electron chi connectivity index (χ3n) is 2.85. The number of hydrogen-bond donors (Lipinski definition) is 1. The minimum absolute atomic E-state index is 0.0821. The van der Waals surface area contributed by atoms with Crippen LogP contribution in [0.2, 0.25) is 5.02 Å². The first kappa shape index (κ1) is 12.7. The lowest BCUT2D eigenvalue weighted by Gasteiger charge is -2.24. The first-order valence-electron chi connectivity index (χ1n) is 5.88. The molecule has 1 aromatic carbocycles. The molecule has 0 saturated carbocycles. The predicted molar refractivity (Wildman–Crippen MR) is 66.6 cm³/mol. The van der Waals surface area contributed by atoms with E-state index in [2.05, 4.69) is 0 Å². The van der Waals surface area contributed by atoms with Crippen molar-refractivity contribution in [2.24, 2.45) is 0 Å². The normalized spacial score (nSPS) is 22.2. The summed E-state index contributed by atoms with van der Waals surface area (Å²) in [6, 6.07) is 5.37. The van der Waals surface area contributed by atoms with E-state index in [1.165, 1.54) is 0 Å². The van der Waals surface area contributed by atoms with E-state index < -0.39 is 6.10 Å². The molecular formula is C13H17ClO3. The quantitative estimate of drug-likeness (QED) is 0.904. The molecule has 1 unspecified atom stereocenters. The summed E-state index contributed by atoms with van der Waals surface area (Å²) in [6.07, 6.45) is 1.58. The van der Waals surface area contributed by atoms with Crippen molar-refractivity contribution in [2.75, 3.05) is 13.2 Å². The lowest BCUT2D eigenvalue weighted by atomic mass is 10.1. The summed E-state index contributed by atoms with van der Waals surface area (Å²) < 4.78 is 11.1. The zero-order valence-corrected chi connectivity index (χ0v) is 10.6. The van der Waals surface area contributed by atoms with Crippen LogP contribution in [0.3, 0.4) is 0 Å². The molecule has 4 heteroatoms. The van der Waals surface area contributed by atoms with Gasteiger partial charge in [0, 0.05) is 6.61 Å². The molecule has 1 heterocycles. The molecular weight excluding hydrogens is 240 g/mol. The van der Waals surface area contributed by atoms with Crippen molar-refractivity contribution >= 4 is 11.6 Å². The molecule has 1 aromatic rings. The standard InChI is InChI=1S/C13H17ClO3/c1-9(15)10-4-5-13(12(14)7-10)17-11-3-2-6-16-8-11/h4-5,7,9,11,15H,2-3,6,8H2,1H3/t9-,11?/m0/s1. The van der Waals surface area contributed by atoms with E-state index in [9.17, 15) is 5.11 Å². The summed E-state index contributed by atoms with van der Waals surface area (Å²) in [5.74, 6) is 0.659. The average Bonchev–Trinajstić information content (AvgIpc) is 2.33. The van der Waals surface area contributed by atoms with Crippen LogP contribution in [0.4, 0.5) is 0 Å². The third-order valence-corrected chi connectivity index (χ3v) is 3.15. The number of aliphatic hydroxyl groups excluding tert-OH is 1. The SMILES string of the molecule is C[C@H](O)c1ccc(OC2CCCOC2)c(Cl)c1. The van der Waals surface area contributed by atoms with Crippen LogP contribution >= 0.6 is 11.6 Å². The fraction of sp³-hybridized carbons (Fsp3) is 0.538. The van der Waals surface area contributed by atoms with E-state index in [0.29, 0.717) is 17.4 Å². The van der Waals surface area contributed by atoms with Gasteiger partial charge in [0.05, 0.1) is 17.7 Å². The molecule has 1 saturated heterocycles. The fourth-order valence-corrected chi connectivity index (χ4v) is 2.09. The Morgan fingerprint density at radius 2 is 2.35 bits per heavy atom. The van der Waals surface area contributed by atoms with Gasteiger partial charge in [0.1, 0.15) is 11.9 Å². The van der Waals surface area contributed by atoms with E-state index in [4.69, 9.17) is 21.1 Å². The molecule has 0 aromatic heterocycles. The van der Waals surface area contributed by atoms with Crippen molar-refractivity contribution < 1.29 is 14.6 Å². The van der Waals surface area contributed by atoms with E-state index in [-0.39, 0.29) is 6.10 Å². The summed E-state index contributed by atoms with van der Waals surface area (Å²) in [7, 11) is 0. The topological polar surface area (TPSA) is 38.7 Å². The molecule has 1 N–H and O–H groups in total. The lowest BCUT2D eigenvalue weighted by molar-refractivity contribution is 0.00745. The molecule has 0 radical (unpaired) electrons. The molecule has 17 heavy (non-hydrogen) atoms. The molecule has 1 aliphatic rings. The molecule has 3 nitrogen and oxygen atoms in total. The predicted octanol–water partition coefficient (Wildman–Crippen LogP) is 2.95. The van der Waals surface area contributed by atoms with Gasteiger partial charge in [-0.05, 0) is 37.5 Å². The van der Waals surface area contributed by atoms with Crippen molar-refractivity contribution in [1.29, 1.82) is 0 Å². The largest absolute Gasteiger partial charge is 0.486 e. The van der Waals surface area contributed by atoms with Crippen molar-refractivity contribution in [1.82, 2.24) is 0 Å². The Bertz CT molecular complexity index is 373. The highest BCUT2D eigenvalue weighted by Gasteiger charge is 2.17. The highest BCUT2D eigenvalue weighted by Crippen LogP contribution is 2.29.